The van der Waals surface area contributed by atoms with Crippen molar-refractivity contribution in [2.24, 2.45) is 0 Å². The molecule has 6 heteroatoms. The Kier molecular flexibility index (Phi) is 6.64. The summed E-state index contributed by atoms with van der Waals surface area (Å²) in [5.41, 5.74) is 0. The minimum atomic E-state index is -2.70. The Labute approximate surface area is 121 Å². The van der Waals surface area contributed by atoms with E-state index < -0.39 is 7.52 Å². The van der Waals surface area contributed by atoms with Crippen LogP contribution in [0.25, 0.3) is 0 Å². The van der Waals surface area contributed by atoms with Crippen LogP contribution in [0.3, 0.4) is 0 Å². The normalized spacial score (nSPS) is 26.2. The average Bonchev–Trinajstić information content (AvgIpc) is 2.47. The third-order valence-electron chi connectivity index (χ3n) is 3.96. The van der Waals surface area contributed by atoms with Gasteiger partial charge >= 0.3 is 0 Å². The van der Waals surface area contributed by atoms with Crippen LogP contribution in [0.1, 0.15) is 38.5 Å². The molecule has 2 fully saturated rings. The second-order valence-electron chi connectivity index (χ2n) is 5.49. The van der Waals surface area contributed by atoms with Gasteiger partial charge in [0.05, 0.1) is 12.9 Å². The maximum Gasteiger partial charge on any atom is 0.286 e. The predicted octanol–water partition coefficient (Wildman–Crippen LogP) is 3.36. The van der Waals surface area contributed by atoms with Crippen LogP contribution in [-0.2, 0) is 9.09 Å². The van der Waals surface area contributed by atoms with Crippen LogP contribution in [0.15, 0.2) is 0 Å². The molecule has 4 nitrogen and oxygen atoms in total. The summed E-state index contributed by atoms with van der Waals surface area (Å²) < 4.78 is 21.0. The topological polar surface area (TPSA) is 32.8 Å². The zero-order valence-corrected chi connectivity index (χ0v) is 13.4. The zero-order valence-electron chi connectivity index (χ0n) is 11.7. The predicted molar refractivity (Wildman–Crippen MR) is 80.0 cm³/mol. The number of hydrogen-bond acceptors (Lipinski definition) is 3. The highest BCUT2D eigenvalue weighted by Gasteiger charge is 2.34. The van der Waals surface area contributed by atoms with Crippen LogP contribution in [0.2, 0.25) is 0 Å². The first-order valence-electron chi connectivity index (χ1n) is 7.52. The lowest BCUT2D eigenvalue weighted by atomic mass is 10.1. The minimum Gasteiger partial charge on any atom is -0.315 e. The second kappa shape index (κ2) is 7.99. The van der Waals surface area contributed by atoms with E-state index in [0.29, 0.717) is 18.8 Å². The molecule has 2 aliphatic rings. The molecule has 2 aliphatic heterocycles. The minimum absolute atomic E-state index is 0.392. The van der Waals surface area contributed by atoms with Crippen molar-refractivity contribution in [3.63, 3.8) is 0 Å². The van der Waals surface area contributed by atoms with Crippen molar-refractivity contribution in [3.05, 3.63) is 0 Å². The van der Waals surface area contributed by atoms with Gasteiger partial charge in [-0.15, -0.1) is 11.6 Å². The molecule has 0 aliphatic carbocycles. The highest BCUT2D eigenvalue weighted by atomic mass is 35.5. The van der Waals surface area contributed by atoms with Gasteiger partial charge in [-0.1, -0.05) is 12.8 Å². The highest BCUT2D eigenvalue weighted by molar-refractivity contribution is 7.56. The smallest absolute Gasteiger partial charge is 0.286 e. The standard InChI is InChI=1S/C13H26ClN2O2P/c14-7-12-18-19(17,16-10-5-2-6-11-16)13-15-8-3-1-4-9-15/h1-13H2/t19-/m1/s1. The summed E-state index contributed by atoms with van der Waals surface area (Å²) in [4.78, 5) is 2.31. The molecule has 2 rings (SSSR count). The number of rotatable bonds is 6. The first-order chi connectivity index (χ1) is 9.24. The van der Waals surface area contributed by atoms with Crippen LogP contribution in [0.5, 0.6) is 0 Å². The number of alkyl halides is 1. The van der Waals surface area contributed by atoms with Gasteiger partial charge in [-0.25, -0.2) is 4.67 Å². The van der Waals surface area contributed by atoms with Gasteiger partial charge in [0, 0.05) is 19.0 Å². The van der Waals surface area contributed by atoms with E-state index >= 15 is 0 Å². The molecule has 0 radical (unpaired) electrons. The summed E-state index contributed by atoms with van der Waals surface area (Å²) >= 11 is 5.71. The van der Waals surface area contributed by atoms with Gasteiger partial charge in [-0.2, -0.15) is 0 Å². The molecule has 2 saturated heterocycles. The Hall–Kier alpha value is 0.400. The molecular weight excluding hydrogens is 283 g/mol. The largest absolute Gasteiger partial charge is 0.315 e. The third-order valence-corrected chi connectivity index (χ3v) is 6.72. The van der Waals surface area contributed by atoms with Gasteiger partial charge in [0.1, 0.15) is 0 Å². The molecule has 0 aromatic rings. The van der Waals surface area contributed by atoms with E-state index in [0.717, 1.165) is 39.0 Å². The summed E-state index contributed by atoms with van der Waals surface area (Å²) in [6, 6.07) is 0. The van der Waals surface area contributed by atoms with E-state index in [4.69, 9.17) is 16.1 Å². The van der Waals surface area contributed by atoms with E-state index in [-0.39, 0.29) is 0 Å². The Morgan fingerprint density at radius 1 is 0.947 bits per heavy atom. The Balaban J connectivity index is 1.97. The second-order valence-corrected chi connectivity index (χ2v) is 8.25. The number of piperidine rings is 2. The number of likely N-dealkylation sites (tertiary alicyclic amines) is 1. The quantitative estimate of drug-likeness (QED) is 0.556. The molecule has 1 atom stereocenters. The van der Waals surface area contributed by atoms with Gasteiger partial charge < -0.3 is 4.52 Å². The average molecular weight is 309 g/mol. The summed E-state index contributed by atoms with van der Waals surface area (Å²) in [6.07, 6.45) is 7.83. The van der Waals surface area contributed by atoms with E-state index in [2.05, 4.69) is 9.57 Å². The fourth-order valence-corrected chi connectivity index (χ4v) is 5.59. The van der Waals surface area contributed by atoms with Crippen LogP contribution in [0.4, 0.5) is 0 Å². The first kappa shape index (κ1) is 15.8. The lowest BCUT2D eigenvalue weighted by Gasteiger charge is -2.37. The van der Waals surface area contributed by atoms with Crippen molar-refractivity contribution in [1.82, 2.24) is 9.57 Å². The van der Waals surface area contributed by atoms with Gasteiger partial charge in [0.2, 0.25) is 0 Å². The molecule has 112 valence electrons. The van der Waals surface area contributed by atoms with Crippen molar-refractivity contribution in [2.75, 3.05) is 45.0 Å². The molecular formula is C13H26ClN2O2P. The Morgan fingerprint density at radius 3 is 2.11 bits per heavy atom. The molecule has 0 amide bonds. The maximum atomic E-state index is 13.2. The summed E-state index contributed by atoms with van der Waals surface area (Å²) in [7, 11) is -2.70. The number of halogens is 1. The van der Waals surface area contributed by atoms with E-state index in [9.17, 15) is 4.57 Å². The van der Waals surface area contributed by atoms with Crippen molar-refractivity contribution in [2.45, 2.75) is 38.5 Å². The SMILES string of the molecule is O=[P@](CN1CCCCC1)(OCCCl)N1CCCCC1. The monoisotopic (exact) mass is 308 g/mol. The fourth-order valence-electron chi connectivity index (χ4n) is 2.92. The van der Waals surface area contributed by atoms with Crippen LogP contribution in [-0.4, -0.2) is 54.5 Å². The molecule has 0 bridgehead atoms. The van der Waals surface area contributed by atoms with Crippen LogP contribution < -0.4 is 0 Å². The molecule has 0 spiro atoms. The van der Waals surface area contributed by atoms with Crippen molar-refractivity contribution >= 4 is 19.1 Å². The number of hydrogen-bond donors (Lipinski definition) is 0. The highest BCUT2D eigenvalue weighted by Crippen LogP contribution is 2.52. The van der Waals surface area contributed by atoms with Crippen molar-refractivity contribution in [1.29, 1.82) is 0 Å². The molecule has 0 unspecified atom stereocenters. The van der Waals surface area contributed by atoms with E-state index in [1.165, 1.54) is 25.7 Å². The zero-order chi connectivity index (χ0) is 13.6. The Bertz CT molecular complexity index is 305. The maximum absolute atomic E-state index is 13.2. The molecule has 0 saturated carbocycles. The van der Waals surface area contributed by atoms with Gasteiger partial charge in [-0.05, 0) is 38.8 Å². The fraction of sp³-hybridized carbons (Fsp3) is 1.00. The lowest BCUT2D eigenvalue weighted by molar-refractivity contribution is 0.208. The number of nitrogens with zero attached hydrogens (tertiary/aromatic N) is 2. The van der Waals surface area contributed by atoms with Gasteiger partial charge in [0.15, 0.2) is 0 Å². The van der Waals surface area contributed by atoms with Gasteiger partial charge in [-0.3, -0.25) is 9.46 Å². The molecule has 0 N–H and O–H groups in total. The van der Waals surface area contributed by atoms with Gasteiger partial charge in [0.25, 0.3) is 7.52 Å². The summed E-state index contributed by atoms with van der Waals surface area (Å²) in [6.45, 7) is 4.33. The molecule has 19 heavy (non-hydrogen) atoms. The first-order valence-corrected chi connectivity index (χ1v) is 9.82. The lowest BCUT2D eigenvalue weighted by Crippen LogP contribution is -2.37. The van der Waals surface area contributed by atoms with Crippen molar-refractivity contribution < 1.29 is 9.09 Å². The third kappa shape index (κ3) is 4.71. The Morgan fingerprint density at radius 2 is 1.53 bits per heavy atom. The molecule has 2 heterocycles. The molecule has 0 aromatic carbocycles. The van der Waals surface area contributed by atoms with E-state index in [1.807, 2.05) is 0 Å². The van der Waals surface area contributed by atoms with E-state index in [1.54, 1.807) is 0 Å². The van der Waals surface area contributed by atoms with Crippen LogP contribution >= 0.6 is 19.1 Å². The summed E-state index contributed by atoms with van der Waals surface area (Å²) in [5.74, 6) is 0.415. The van der Waals surface area contributed by atoms with Crippen LogP contribution in [0, 0.1) is 0 Å². The summed E-state index contributed by atoms with van der Waals surface area (Å²) in [5, 5.41) is 0. The molecule has 0 aromatic heterocycles. The van der Waals surface area contributed by atoms with Crippen molar-refractivity contribution in [3.8, 4) is 0 Å².